The van der Waals surface area contributed by atoms with Crippen molar-refractivity contribution in [3.63, 3.8) is 0 Å². The van der Waals surface area contributed by atoms with Gasteiger partial charge in [0, 0.05) is 0 Å². The zero-order valence-electron chi connectivity index (χ0n) is 6.22. The smallest absolute Gasteiger partial charge is 0.0292 e. The average molecular weight is 122 g/mol. The molecular formula is C9H14. The Bertz CT molecular complexity index is 102. The average Bonchev–Trinajstić information content (AvgIpc) is 2.24. The molecule has 0 nitrogen and oxygen atoms in total. The highest BCUT2D eigenvalue weighted by Crippen LogP contribution is 2.56. The highest BCUT2D eigenvalue weighted by molar-refractivity contribution is 5.13. The first kappa shape index (κ1) is 5.76. The monoisotopic (exact) mass is 122 g/mol. The molecule has 2 rings (SSSR count). The summed E-state index contributed by atoms with van der Waals surface area (Å²) in [7, 11) is 0. The van der Waals surface area contributed by atoms with Crippen molar-refractivity contribution in [2.24, 2.45) is 17.3 Å². The van der Waals surface area contributed by atoms with Gasteiger partial charge in [-0.3, -0.25) is 0 Å². The normalized spacial score (nSPS) is 46.0. The predicted molar refractivity (Wildman–Crippen MR) is 38.6 cm³/mol. The van der Waals surface area contributed by atoms with Crippen LogP contribution in [0.5, 0.6) is 0 Å². The third kappa shape index (κ3) is 0.595. The lowest BCUT2D eigenvalue weighted by atomic mass is 9.82. The molecule has 2 bridgehead atoms. The van der Waals surface area contributed by atoms with Crippen molar-refractivity contribution in [1.82, 2.24) is 0 Å². The SMILES string of the molecule is CC1(C)C2[CH]CC1C[CH]2. The first-order chi connectivity index (χ1) is 4.21. The Morgan fingerprint density at radius 2 is 1.78 bits per heavy atom. The van der Waals surface area contributed by atoms with Crippen LogP contribution in [0, 0.1) is 30.1 Å². The van der Waals surface area contributed by atoms with Gasteiger partial charge in [0.1, 0.15) is 0 Å². The van der Waals surface area contributed by atoms with Gasteiger partial charge in [0.25, 0.3) is 0 Å². The summed E-state index contributed by atoms with van der Waals surface area (Å²) in [4.78, 5) is 0. The predicted octanol–water partition coefficient (Wildman–Crippen LogP) is 2.46. The Morgan fingerprint density at radius 1 is 1.22 bits per heavy atom. The standard InChI is InChI=1S/C9H14/c1-9(2)7-3-4-8(9)6-5-7/h3,5,7-8H,4,6H2,1-2H3. The summed E-state index contributed by atoms with van der Waals surface area (Å²) in [5.41, 5.74) is 0.611. The Labute approximate surface area is 57.6 Å². The molecule has 0 saturated heterocycles. The highest BCUT2D eigenvalue weighted by atomic mass is 14.5. The molecule has 0 atom stereocenters. The molecule has 0 heteroatoms. The van der Waals surface area contributed by atoms with Crippen LogP contribution in [0.4, 0.5) is 0 Å². The maximum Gasteiger partial charge on any atom is -0.0292 e. The molecule has 0 aromatic rings. The summed E-state index contributed by atoms with van der Waals surface area (Å²) in [6.45, 7) is 4.80. The molecule has 0 heterocycles. The molecule has 9 heavy (non-hydrogen) atoms. The fraction of sp³-hybridized carbons (Fsp3) is 0.778. The van der Waals surface area contributed by atoms with E-state index < -0.39 is 0 Å². The van der Waals surface area contributed by atoms with Gasteiger partial charge in [0.2, 0.25) is 0 Å². The first-order valence-electron chi connectivity index (χ1n) is 3.88. The van der Waals surface area contributed by atoms with Crippen LogP contribution >= 0.6 is 0 Å². The van der Waals surface area contributed by atoms with Crippen LogP contribution in [0.15, 0.2) is 0 Å². The minimum Gasteiger partial charge on any atom is -0.0594 e. The number of hydrogen-bond acceptors (Lipinski definition) is 0. The van der Waals surface area contributed by atoms with Gasteiger partial charge in [-0.1, -0.05) is 13.8 Å². The van der Waals surface area contributed by atoms with E-state index in [4.69, 9.17) is 0 Å². The third-order valence-corrected chi connectivity index (χ3v) is 3.26. The van der Waals surface area contributed by atoms with Crippen LogP contribution < -0.4 is 0 Å². The van der Waals surface area contributed by atoms with E-state index in [0.717, 1.165) is 11.8 Å². The minimum atomic E-state index is 0.611. The first-order valence-corrected chi connectivity index (χ1v) is 3.88. The summed E-state index contributed by atoms with van der Waals surface area (Å²) in [6, 6.07) is 0. The van der Waals surface area contributed by atoms with Crippen LogP contribution in [0.1, 0.15) is 26.7 Å². The zero-order valence-corrected chi connectivity index (χ0v) is 6.22. The van der Waals surface area contributed by atoms with Crippen LogP contribution in [-0.4, -0.2) is 0 Å². The second kappa shape index (κ2) is 1.53. The van der Waals surface area contributed by atoms with Crippen molar-refractivity contribution >= 4 is 0 Å². The third-order valence-electron chi connectivity index (χ3n) is 3.26. The fourth-order valence-electron chi connectivity index (χ4n) is 2.30. The molecule has 0 unspecified atom stereocenters. The second-order valence-electron chi connectivity index (χ2n) is 3.99. The second-order valence-corrected chi connectivity index (χ2v) is 3.99. The summed E-state index contributed by atoms with van der Waals surface area (Å²) in [6.07, 6.45) is 7.70. The summed E-state index contributed by atoms with van der Waals surface area (Å²) >= 11 is 0. The maximum atomic E-state index is 2.48. The van der Waals surface area contributed by atoms with Crippen molar-refractivity contribution in [1.29, 1.82) is 0 Å². The van der Waals surface area contributed by atoms with Crippen LogP contribution in [0.2, 0.25) is 0 Å². The van der Waals surface area contributed by atoms with Gasteiger partial charge in [0.15, 0.2) is 0 Å². The van der Waals surface area contributed by atoms with Gasteiger partial charge in [0.05, 0.1) is 0 Å². The van der Waals surface area contributed by atoms with E-state index in [1.807, 2.05) is 0 Å². The van der Waals surface area contributed by atoms with Gasteiger partial charge in [-0.2, -0.15) is 0 Å². The van der Waals surface area contributed by atoms with E-state index in [1.54, 1.807) is 0 Å². The quantitative estimate of drug-likeness (QED) is 0.463. The van der Waals surface area contributed by atoms with Gasteiger partial charge in [-0.25, -0.2) is 0 Å². The topological polar surface area (TPSA) is 0 Å². The van der Waals surface area contributed by atoms with Gasteiger partial charge in [-0.05, 0) is 42.9 Å². The molecule has 0 N–H and O–H groups in total. The molecule has 2 fully saturated rings. The van der Waals surface area contributed by atoms with Gasteiger partial charge >= 0.3 is 0 Å². The molecule has 0 aliphatic heterocycles. The van der Waals surface area contributed by atoms with Crippen molar-refractivity contribution < 1.29 is 0 Å². The summed E-state index contributed by atoms with van der Waals surface area (Å²) in [5, 5.41) is 0. The van der Waals surface area contributed by atoms with E-state index in [2.05, 4.69) is 26.7 Å². The molecule has 2 aliphatic rings. The van der Waals surface area contributed by atoms with Crippen molar-refractivity contribution in [3.05, 3.63) is 12.8 Å². The maximum absolute atomic E-state index is 2.48. The molecule has 0 spiro atoms. The molecule has 50 valence electrons. The Hall–Kier alpha value is 0. The zero-order chi connectivity index (χ0) is 6.48. The molecule has 2 aliphatic carbocycles. The van der Waals surface area contributed by atoms with Crippen LogP contribution in [0.3, 0.4) is 0 Å². The van der Waals surface area contributed by atoms with E-state index in [-0.39, 0.29) is 0 Å². The highest BCUT2D eigenvalue weighted by Gasteiger charge is 2.47. The van der Waals surface area contributed by atoms with E-state index >= 15 is 0 Å². The molecule has 2 saturated carbocycles. The van der Waals surface area contributed by atoms with Gasteiger partial charge in [-0.15, -0.1) is 0 Å². The summed E-state index contributed by atoms with van der Waals surface area (Å²) in [5.74, 6) is 1.81. The minimum absolute atomic E-state index is 0.611. The lowest BCUT2D eigenvalue weighted by Crippen LogP contribution is -2.16. The van der Waals surface area contributed by atoms with Crippen molar-refractivity contribution in [3.8, 4) is 0 Å². The molecule has 2 radical (unpaired) electrons. The molecule has 0 amide bonds. The lowest BCUT2D eigenvalue weighted by molar-refractivity contribution is 0.270. The van der Waals surface area contributed by atoms with Crippen molar-refractivity contribution in [2.45, 2.75) is 26.7 Å². The van der Waals surface area contributed by atoms with E-state index in [9.17, 15) is 0 Å². The fourth-order valence-corrected chi connectivity index (χ4v) is 2.30. The van der Waals surface area contributed by atoms with Crippen molar-refractivity contribution in [2.75, 3.05) is 0 Å². The largest absolute Gasteiger partial charge is 0.0594 e. The Morgan fingerprint density at radius 3 is 1.89 bits per heavy atom. The summed E-state index contributed by atoms with van der Waals surface area (Å²) < 4.78 is 0. The van der Waals surface area contributed by atoms with Gasteiger partial charge < -0.3 is 0 Å². The number of fused-ring (bicyclic) bond motifs is 2. The van der Waals surface area contributed by atoms with Crippen LogP contribution in [0.25, 0.3) is 0 Å². The lowest BCUT2D eigenvalue weighted by Gasteiger charge is -2.23. The number of rotatable bonds is 0. The molecular weight excluding hydrogens is 108 g/mol. The van der Waals surface area contributed by atoms with E-state index in [1.165, 1.54) is 12.8 Å². The van der Waals surface area contributed by atoms with Crippen LogP contribution in [-0.2, 0) is 0 Å². The number of hydrogen-bond donors (Lipinski definition) is 0. The van der Waals surface area contributed by atoms with E-state index in [0.29, 0.717) is 5.41 Å². The Balaban J connectivity index is 2.26. The molecule has 0 aromatic heterocycles. The molecule has 0 aromatic carbocycles. The Kier molecular flexibility index (Phi) is 0.980.